The lowest BCUT2D eigenvalue weighted by molar-refractivity contribution is 0.324. The van der Waals surface area contributed by atoms with Crippen LogP contribution in [0, 0.1) is 5.92 Å². The van der Waals surface area contributed by atoms with Crippen molar-refractivity contribution in [3.05, 3.63) is 0 Å². The van der Waals surface area contributed by atoms with Crippen molar-refractivity contribution in [3.63, 3.8) is 0 Å². The molecule has 0 radical (unpaired) electrons. The minimum Gasteiger partial charge on any atom is -0.339 e. The van der Waals surface area contributed by atoms with Gasteiger partial charge in [0.2, 0.25) is 5.96 Å². The monoisotopic (exact) mass is 198 g/mol. The minimum absolute atomic E-state index is 0.456. The van der Waals surface area contributed by atoms with Gasteiger partial charge in [-0.15, -0.1) is 0 Å². The van der Waals surface area contributed by atoms with E-state index in [2.05, 4.69) is 29.2 Å². The molecule has 0 unspecified atom stereocenters. The summed E-state index contributed by atoms with van der Waals surface area (Å²) in [5.74, 6) is 7.15. The zero-order valence-electron chi connectivity index (χ0n) is 9.45. The van der Waals surface area contributed by atoms with E-state index < -0.39 is 0 Å². The molecule has 0 aromatic rings. The lowest BCUT2D eigenvalue weighted by atomic mass is 10.3. The molecule has 4 nitrogen and oxygen atoms in total. The smallest absolute Gasteiger partial charge is 0.208 e. The first-order valence-corrected chi connectivity index (χ1v) is 5.46. The van der Waals surface area contributed by atoms with Crippen molar-refractivity contribution in [1.29, 1.82) is 0 Å². The van der Waals surface area contributed by atoms with Crippen molar-refractivity contribution in [1.82, 2.24) is 10.3 Å². The highest BCUT2D eigenvalue weighted by molar-refractivity contribution is 5.79. The number of rotatable bonds is 4. The van der Waals surface area contributed by atoms with Crippen molar-refractivity contribution >= 4 is 5.96 Å². The summed E-state index contributed by atoms with van der Waals surface area (Å²) in [6.45, 7) is 8.22. The fraction of sp³-hybridized carbons (Fsp3) is 0.900. The second-order valence-corrected chi connectivity index (χ2v) is 4.13. The number of guanidine groups is 1. The van der Waals surface area contributed by atoms with Crippen molar-refractivity contribution in [2.75, 3.05) is 13.1 Å². The van der Waals surface area contributed by atoms with Crippen LogP contribution in [0.3, 0.4) is 0 Å². The zero-order valence-corrected chi connectivity index (χ0v) is 9.45. The molecule has 0 aliphatic heterocycles. The molecule has 0 aromatic carbocycles. The Balaban J connectivity index is 2.57. The van der Waals surface area contributed by atoms with Gasteiger partial charge in [0.15, 0.2) is 0 Å². The van der Waals surface area contributed by atoms with Gasteiger partial charge in [0.25, 0.3) is 0 Å². The maximum absolute atomic E-state index is 5.47. The fourth-order valence-corrected chi connectivity index (χ4v) is 1.49. The summed E-state index contributed by atoms with van der Waals surface area (Å²) in [6, 6.07) is 0.456. The van der Waals surface area contributed by atoms with Gasteiger partial charge in [-0.1, -0.05) is 0 Å². The van der Waals surface area contributed by atoms with E-state index in [-0.39, 0.29) is 0 Å². The van der Waals surface area contributed by atoms with E-state index in [4.69, 9.17) is 5.84 Å². The Morgan fingerprint density at radius 1 is 1.57 bits per heavy atom. The normalized spacial score (nSPS) is 17.4. The summed E-state index contributed by atoms with van der Waals surface area (Å²) in [6.07, 6.45) is 2.71. The van der Waals surface area contributed by atoms with E-state index in [1.807, 2.05) is 6.92 Å². The molecular weight excluding hydrogens is 176 g/mol. The van der Waals surface area contributed by atoms with Crippen LogP contribution in [0.1, 0.15) is 33.6 Å². The summed E-state index contributed by atoms with van der Waals surface area (Å²) in [7, 11) is 0. The summed E-state index contributed by atoms with van der Waals surface area (Å²) in [4.78, 5) is 6.60. The van der Waals surface area contributed by atoms with Crippen molar-refractivity contribution < 1.29 is 0 Å². The molecule has 82 valence electrons. The van der Waals surface area contributed by atoms with Gasteiger partial charge in [-0.05, 0) is 39.5 Å². The predicted octanol–water partition coefficient (Wildman–Crippen LogP) is 0.946. The van der Waals surface area contributed by atoms with E-state index in [9.17, 15) is 0 Å². The summed E-state index contributed by atoms with van der Waals surface area (Å²) < 4.78 is 0. The molecule has 1 aliphatic carbocycles. The highest BCUT2D eigenvalue weighted by Gasteiger charge is 2.26. The van der Waals surface area contributed by atoms with Gasteiger partial charge in [0, 0.05) is 19.1 Å². The molecule has 1 rings (SSSR count). The summed E-state index contributed by atoms with van der Waals surface area (Å²) >= 11 is 0. The molecule has 14 heavy (non-hydrogen) atoms. The van der Waals surface area contributed by atoms with Crippen LogP contribution in [0.25, 0.3) is 0 Å². The molecule has 3 N–H and O–H groups in total. The van der Waals surface area contributed by atoms with Gasteiger partial charge < -0.3 is 4.90 Å². The maximum atomic E-state index is 5.47. The molecular formula is C10H22N4. The van der Waals surface area contributed by atoms with E-state index in [0.717, 1.165) is 25.0 Å². The van der Waals surface area contributed by atoms with Crippen LogP contribution >= 0.6 is 0 Å². The topological polar surface area (TPSA) is 53.6 Å². The van der Waals surface area contributed by atoms with Crippen LogP contribution in [0.4, 0.5) is 0 Å². The zero-order chi connectivity index (χ0) is 10.6. The lowest BCUT2D eigenvalue weighted by Gasteiger charge is -2.29. The molecule has 1 aliphatic rings. The third kappa shape index (κ3) is 3.18. The Bertz CT molecular complexity index is 196. The van der Waals surface area contributed by atoms with Gasteiger partial charge in [-0.3, -0.25) is 10.4 Å². The molecule has 0 atom stereocenters. The summed E-state index contributed by atoms with van der Waals surface area (Å²) in [5.41, 5.74) is 2.69. The molecule has 4 heteroatoms. The van der Waals surface area contributed by atoms with Gasteiger partial charge in [0.05, 0.1) is 0 Å². The number of nitrogens with one attached hydrogen (secondary N) is 1. The molecule has 0 heterocycles. The standard InChI is InChI=1S/C10H22N4/c1-4-12-10(13-11)14(8(2)3)7-9-5-6-9/h8-9H,4-7,11H2,1-3H3,(H,12,13). The third-order valence-corrected chi connectivity index (χ3v) is 2.48. The van der Waals surface area contributed by atoms with Crippen LogP contribution in [-0.2, 0) is 0 Å². The first-order chi connectivity index (χ1) is 6.69. The second kappa shape index (κ2) is 5.20. The first kappa shape index (κ1) is 11.3. The van der Waals surface area contributed by atoms with Gasteiger partial charge in [-0.25, -0.2) is 5.84 Å². The number of aliphatic imine (C=N–C) groups is 1. The van der Waals surface area contributed by atoms with E-state index in [1.54, 1.807) is 0 Å². The Labute approximate surface area is 86.5 Å². The van der Waals surface area contributed by atoms with Gasteiger partial charge in [-0.2, -0.15) is 0 Å². The van der Waals surface area contributed by atoms with Gasteiger partial charge in [0.1, 0.15) is 0 Å². The van der Waals surface area contributed by atoms with Crippen molar-refractivity contribution in [3.8, 4) is 0 Å². The molecule has 0 bridgehead atoms. The molecule has 0 spiro atoms. The first-order valence-electron chi connectivity index (χ1n) is 5.46. The Hall–Kier alpha value is -0.770. The maximum Gasteiger partial charge on any atom is 0.208 e. The van der Waals surface area contributed by atoms with E-state index >= 15 is 0 Å². The predicted molar refractivity (Wildman–Crippen MR) is 59.9 cm³/mol. The molecule has 1 fully saturated rings. The molecule has 0 saturated heterocycles. The molecule has 1 saturated carbocycles. The number of hydrogen-bond acceptors (Lipinski definition) is 2. The van der Waals surface area contributed by atoms with Crippen LogP contribution < -0.4 is 11.3 Å². The Morgan fingerprint density at radius 2 is 2.21 bits per heavy atom. The number of nitrogens with zero attached hydrogens (tertiary/aromatic N) is 2. The number of hydrogen-bond donors (Lipinski definition) is 2. The van der Waals surface area contributed by atoms with Crippen LogP contribution in [0.2, 0.25) is 0 Å². The van der Waals surface area contributed by atoms with E-state index in [0.29, 0.717) is 6.04 Å². The largest absolute Gasteiger partial charge is 0.339 e. The highest BCUT2D eigenvalue weighted by Crippen LogP contribution is 2.30. The highest BCUT2D eigenvalue weighted by atomic mass is 15.4. The quantitative estimate of drug-likeness (QED) is 0.306. The molecule has 0 amide bonds. The Morgan fingerprint density at radius 3 is 2.57 bits per heavy atom. The van der Waals surface area contributed by atoms with Crippen molar-refractivity contribution in [2.45, 2.75) is 39.7 Å². The third-order valence-electron chi connectivity index (χ3n) is 2.48. The van der Waals surface area contributed by atoms with Crippen LogP contribution in [-0.4, -0.2) is 30.0 Å². The molecule has 0 aromatic heterocycles. The average molecular weight is 198 g/mol. The van der Waals surface area contributed by atoms with E-state index in [1.165, 1.54) is 12.8 Å². The Kier molecular flexibility index (Phi) is 4.20. The van der Waals surface area contributed by atoms with Crippen molar-refractivity contribution in [2.24, 2.45) is 16.8 Å². The van der Waals surface area contributed by atoms with Crippen LogP contribution in [0.15, 0.2) is 4.99 Å². The SMILES string of the molecule is CCN=C(NN)N(CC1CC1)C(C)C. The fourth-order valence-electron chi connectivity index (χ4n) is 1.49. The van der Waals surface area contributed by atoms with Crippen LogP contribution in [0.5, 0.6) is 0 Å². The minimum atomic E-state index is 0.456. The van der Waals surface area contributed by atoms with Gasteiger partial charge >= 0.3 is 0 Å². The average Bonchev–Trinajstić information content (AvgIpc) is 2.94. The number of hydrazine groups is 1. The second-order valence-electron chi connectivity index (χ2n) is 4.13. The lowest BCUT2D eigenvalue weighted by Crippen LogP contribution is -2.48. The number of nitrogens with two attached hydrogens (primary N) is 1. The summed E-state index contributed by atoms with van der Waals surface area (Å²) in [5, 5.41) is 0.